The Labute approximate surface area is 165 Å². The number of benzene rings is 1. The highest BCUT2D eigenvalue weighted by Gasteiger charge is 2.30. The third-order valence-electron chi connectivity index (χ3n) is 4.59. The molecular formula is C20H27N5O3. The van der Waals surface area contributed by atoms with Crippen LogP contribution in [-0.2, 0) is 4.74 Å². The molecule has 0 spiro atoms. The van der Waals surface area contributed by atoms with Crippen LogP contribution in [0.15, 0.2) is 24.3 Å². The molecule has 3 rings (SSSR count). The van der Waals surface area contributed by atoms with Crippen LogP contribution in [0.3, 0.4) is 0 Å². The van der Waals surface area contributed by atoms with E-state index in [4.69, 9.17) is 4.74 Å². The third kappa shape index (κ3) is 4.32. The summed E-state index contributed by atoms with van der Waals surface area (Å²) in [6.07, 6.45) is -0.346. The third-order valence-corrected chi connectivity index (χ3v) is 4.59. The van der Waals surface area contributed by atoms with Gasteiger partial charge in [0.15, 0.2) is 5.69 Å². The summed E-state index contributed by atoms with van der Waals surface area (Å²) in [6, 6.07) is 7.89. The highest BCUT2D eigenvalue weighted by Crippen LogP contribution is 2.17. The topological polar surface area (TPSA) is 80.6 Å². The van der Waals surface area contributed by atoms with Crippen molar-refractivity contribution in [1.29, 1.82) is 0 Å². The summed E-state index contributed by atoms with van der Waals surface area (Å²) >= 11 is 0. The summed E-state index contributed by atoms with van der Waals surface area (Å²) in [7, 11) is 0. The maximum Gasteiger partial charge on any atom is 0.410 e. The summed E-state index contributed by atoms with van der Waals surface area (Å²) in [4.78, 5) is 28.4. The summed E-state index contributed by atoms with van der Waals surface area (Å²) < 4.78 is 7.07. The molecule has 0 aliphatic carbocycles. The van der Waals surface area contributed by atoms with Gasteiger partial charge in [0.05, 0.1) is 11.4 Å². The Morgan fingerprint density at radius 2 is 1.54 bits per heavy atom. The molecule has 0 bridgehead atoms. The average Bonchev–Trinajstić information content (AvgIpc) is 3.02. The number of hydrogen-bond acceptors (Lipinski definition) is 5. The van der Waals surface area contributed by atoms with E-state index in [9.17, 15) is 9.59 Å². The smallest absolute Gasteiger partial charge is 0.410 e. The maximum atomic E-state index is 12.9. The number of carbonyl (C=O) groups excluding carboxylic acids is 2. The van der Waals surface area contributed by atoms with E-state index in [0.29, 0.717) is 37.6 Å². The summed E-state index contributed by atoms with van der Waals surface area (Å²) in [5, 5.41) is 8.26. The summed E-state index contributed by atoms with van der Waals surface area (Å²) in [5.41, 5.74) is 2.52. The number of amides is 2. The van der Waals surface area contributed by atoms with Gasteiger partial charge < -0.3 is 14.5 Å². The van der Waals surface area contributed by atoms with Crippen LogP contribution in [0.2, 0.25) is 0 Å². The fraction of sp³-hybridized carbons (Fsp3) is 0.500. The van der Waals surface area contributed by atoms with Gasteiger partial charge in [0.25, 0.3) is 5.91 Å². The molecule has 28 heavy (non-hydrogen) atoms. The fourth-order valence-electron chi connectivity index (χ4n) is 3.03. The highest BCUT2D eigenvalue weighted by molar-refractivity contribution is 5.93. The van der Waals surface area contributed by atoms with Crippen LogP contribution < -0.4 is 0 Å². The van der Waals surface area contributed by atoms with Gasteiger partial charge in [-0.2, -0.15) is 0 Å². The molecule has 1 saturated heterocycles. The minimum absolute atomic E-state index is 0.167. The second-order valence-electron chi connectivity index (χ2n) is 8.03. The molecular weight excluding hydrogens is 358 g/mol. The standard InChI is InChI=1S/C20H27N5O3/c1-14-6-8-16(9-7-14)25-15(2)17(21-22-25)18(26)23-10-12-24(13-11-23)19(27)28-20(3,4)5/h6-9H,10-13H2,1-5H3. The first-order valence-corrected chi connectivity index (χ1v) is 9.42. The molecule has 2 aromatic rings. The van der Waals surface area contributed by atoms with E-state index in [1.165, 1.54) is 0 Å². The molecule has 0 N–H and O–H groups in total. The molecule has 0 saturated carbocycles. The van der Waals surface area contributed by atoms with Crippen LogP contribution in [0.25, 0.3) is 5.69 Å². The molecule has 1 aromatic carbocycles. The molecule has 8 heteroatoms. The van der Waals surface area contributed by atoms with Crippen LogP contribution >= 0.6 is 0 Å². The Hall–Kier alpha value is -2.90. The van der Waals surface area contributed by atoms with Crippen molar-refractivity contribution < 1.29 is 14.3 Å². The van der Waals surface area contributed by atoms with Crippen molar-refractivity contribution in [2.75, 3.05) is 26.2 Å². The van der Waals surface area contributed by atoms with Crippen molar-refractivity contribution >= 4 is 12.0 Å². The molecule has 2 amide bonds. The second-order valence-corrected chi connectivity index (χ2v) is 8.03. The zero-order chi connectivity index (χ0) is 20.5. The molecule has 0 unspecified atom stereocenters. The van der Waals surface area contributed by atoms with Gasteiger partial charge in [-0.25, -0.2) is 9.48 Å². The van der Waals surface area contributed by atoms with Gasteiger partial charge in [0.2, 0.25) is 0 Å². The lowest BCUT2D eigenvalue weighted by Crippen LogP contribution is -2.51. The van der Waals surface area contributed by atoms with E-state index >= 15 is 0 Å². The maximum absolute atomic E-state index is 12.9. The Kier molecular flexibility index (Phi) is 5.40. The van der Waals surface area contributed by atoms with Gasteiger partial charge in [0.1, 0.15) is 5.60 Å². The normalized spacial score (nSPS) is 14.9. The van der Waals surface area contributed by atoms with Gasteiger partial charge in [-0.1, -0.05) is 22.9 Å². The largest absolute Gasteiger partial charge is 0.444 e. The van der Waals surface area contributed by atoms with Crippen molar-refractivity contribution in [2.24, 2.45) is 0 Å². The number of rotatable bonds is 2. The molecule has 0 radical (unpaired) electrons. The van der Waals surface area contributed by atoms with E-state index in [1.54, 1.807) is 14.5 Å². The first-order valence-electron chi connectivity index (χ1n) is 9.42. The summed E-state index contributed by atoms with van der Waals surface area (Å²) in [6.45, 7) is 11.1. The molecule has 1 aromatic heterocycles. The van der Waals surface area contributed by atoms with Gasteiger partial charge in [0, 0.05) is 26.2 Å². The van der Waals surface area contributed by atoms with Gasteiger partial charge in [-0.05, 0) is 46.8 Å². The van der Waals surface area contributed by atoms with E-state index in [-0.39, 0.29) is 12.0 Å². The van der Waals surface area contributed by atoms with E-state index in [0.717, 1.165) is 11.3 Å². The molecule has 0 atom stereocenters. The van der Waals surface area contributed by atoms with Crippen molar-refractivity contribution in [3.05, 3.63) is 41.2 Å². The van der Waals surface area contributed by atoms with Crippen molar-refractivity contribution in [2.45, 2.75) is 40.2 Å². The first-order chi connectivity index (χ1) is 13.2. The number of nitrogens with zero attached hydrogens (tertiary/aromatic N) is 5. The number of aryl methyl sites for hydroxylation is 1. The SMILES string of the molecule is Cc1ccc(-n2nnc(C(=O)N3CCN(C(=O)OC(C)(C)C)CC3)c2C)cc1. The minimum Gasteiger partial charge on any atom is -0.444 e. The van der Waals surface area contributed by atoms with E-state index in [2.05, 4.69) is 10.3 Å². The quantitative estimate of drug-likeness (QED) is 0.794. The van der Waals surface area contributed by atoms with Gasteiger partial charge in [-0.3, -0.25) is 4.79 Å². The zero-order valence-electron chi connectivity index (χ0n) is 17.1. The zero-order valence-corrected chi connectivity index (χ0v) is 17.1. The molecule has 2 heterocycles. The summed E-state index contributed by atoms with van der Waals surface area (Å²) in [5.74, 6) is -0.167. The lowest BCUT2D eigenvalue weighted by Gasteiger charge is -2.35. The van der Waals surface area contributed by atoms with Crippen LogP contribution in [0.1, 0.15) is 42.5 Å². The predicted octanol–water partition coefficient (Wildman–Crippen LogP) is 2.58. The Morgan fingerprint density at radius 3 is 2.11 bits per heavy atom. The Morgan fingerprint density at radius 1 is 0.964 bits per heavy atom. The van der Waals surface area contributed by atoms with E-state index in [1.807, 2.05) is 58.9 Å². The highest BCUT2D eigenvalue weighted by atomic mass is 16.6. The predicted molar refractivity (Wildman–Crippen MR) is 105 cm³/mol. The number of piperazine rings is 1. The minimum atomic E-state index is -0.532. The molecule has 8 nitrogen and oxygen atoms in total. The van der Waals surface area contributed by atoms with Gasteiger partial charge in [-0.15, -0.1) is 5.10 Å². The van der Waals surface area contributed by atoms with Crippen molar-refractivity contribution in [3.63, 3.8) is 0 Å². The first kappa shape index (κ1) is 19.9. The van der Waals surface area contributed by atoms with Crippen LogP contribution in [0.4, 0.5) is 4.79 Å². The monoisotopic (exact) mass is 385 g/mol. The number of hydrogen-bond donors (Lipinski definition) is 0. The van der Waals surface area contributed by atoms with Crippen LogP contribution in [0, 0.1) is 13.8 Å². The Balaban J connectivity index is 1.66. The molecule has 1 fully saturated rings. The fourth-order valence-corrected chi connectivity index (χ4v) is 3.03. The molecule has 1 aliphatic rings. The molecule has 1 aliphatic heterocycles. The lowest BCUT2D eigenvalue weighted by atomic mass is 10.2. The number of aromatic nitrogens is 3. The Bertz CT molecular complexity index is 859. The van der Waals surface area contributed by atoms with Crippen LogP contribution in [0.5, 0.6) is 0 Å². The average molecular weight is 385 g/mol. The number of ether oxygens (including phenoxy) is 1. The van der Waals surface area contributed by atoms with Crippen molar-refractivity contribution in [1.82, 2.24) is 24.8 Å². The van der Waals surface area contributed by atoms with Gasteiger partial charge >= 0.3 is 6.09 Å². The lowest BCUT2D eigenvalue weighted by molar-refractivity contribution is 0.0140. The second kappa shape index (κ2) is 7.61. The van der Waals surface area contributed by atoms with E-state index < -0.39 is 5.60 Å². The van der Waals surface area contributed by atoms with Crippen LogP contribution in [-0.4, -0.2) is 68.6 Å². The van der Waals surface area contributed by atoms with Crippen molar-refractivity contribution in [3.8, 4) is 5.69 Å². The molecule has 150 valence electrons. The number of carbonyl (C=O) groups is 2.